The first-order valence-corrected chi connectivity index (χ1v) is 5.88. The lowest BCUT2D eigenvalue weighted by Gasteiger charge is -2.08. The van der Waals surface area contributed by atoms with E-state index in [9.17, 15) is 10.1 Å². The van der Waals surface area contributed by atoms with Crippen LogP contribution in [0, 0.1) is 17.0 Å². The van der Waals surface area contributed by atoms with Gasteiger partial charge in [0.25, 0.3) is 5.69 Å². The Bertz CT molecular complexity index is 698. The molecule has 0 spiro atoms. The topological polar surface area (TPSA) is 124 Å². The summed E-state index contributed by atoms with van der Waals surface area (Å²) in [7, 11) is 0. The number of nitrogens with zero attached hydrogens (tertiary/aromatic N) is 3. The summed E-state index contributed by atoms with van der Waals surface area (Å²) in [6.45, 7) is 1.78. The molecular formula is C13H12N4O4. The van der Waals surface area contributed by atoms with Crippen molar-refractivity contribution >= 4 is 11.5 Å². The number of benzene rings is 1. The first-order chi connectivity index (χ1) is 10.0. The molecule has 0 aliphatic rings. The molecule has 0 radical (unpaired) electrons. The molecule has 0 fully saturated rings. The largest absolute Gasteiger partial charge is 0.455 e. The van der Waals surface area contributed by atoms with Crippen LogP contribution in [0.15, 0.2) is 41.7 Å². The maximum Gasteiger partial charge on any atom is 0.273 e. The number of hydrogen-bond acceptors (Lipinski definition) is 6. The van der Waals surface area contributed by atoms with E-state index in [2.05, 4.69) is 10.1 Å². The van der Waals surface area contributed by atoms with Crippen LogP contribution in [0.25, 0.3) is 0 Å². The number of pyridine rings is 1. The Balaban J connectivity index is 2.26. The van der Waals surface area contributed by atoms with E-state index in [4.69, 9.17) is 15.7 Å². The minimum atomic E-state index is -0.494. The predicted octanol–water partition coefficient (Wildman–Crippen LogP) is 2.19. The summed E-state index contributed by atoms with van der Waals surface area (Å²) in [4.78, 5) is 14.2. The van der Waals surface area contributed by atoms with Crippen molar-refractivity contribution in [3.8, 4) is 11.5 Å². The maximum atomic E-state index is 10.8. The molecule has 0 amide bonds. The number of ether oxygens (including phenoxy) is 1. The Labute approximate surface area is 119 Å². The van der Waals surface area contributed by atoms with E-state index in [1.807, 2.05) is 0 Å². The van der Waals surface area contributed by atoms with Gasteiger partial charge in [-0.25, -0.2) is 4.98 Å². The van der Waals surface area contributed by atoms with Gasteiger partial charge in [0.05, 0.1) is 17.2 Å². The second kappa shape index (κ2) is 5.87. The minimum Gasteiger partial charge on any atom is -0.455 e. The van der Waals surface area contributed by atoms with Gasteiger partial charge in [0.15, 0.2) is 5.84 Å². The Kier molecular flexibility index (Phi) is 3.98. The van der Waals surface area contributed by atoms with Crippen LogP contribution < -0.4 is 10.5 Å². The highest BCUT2D eigenvalue weighted by atomic mass is 16.6. The highest BCUT2D eigenvalue weighted by Gasteiger charge is 2.11. The zero-order valence-corrected chi connectivity index (χ0v) is 11.1. The van der Waals surface area contributed by atoms with E-state index in [-0.39, 0.29) is 11.5 Å². The monoisotopic (exact) mass is 288 g/mol. The normalized spacial score (nSPS) is 11.2. The van der Waals surface area contributed by atoms with Crippen molar-refractivity contribution in [2.45, 2.75) is 6.92 Å². The van der Waals surface area contributed by atoms with Gasteiger partial charge in [0, 0.05) is 6.07 Å². The number of aromatic nitrogens is 1. The van der Waals surface area contributed by atoms with E-state index in [0.29, 0.717) is 17.2 Å². The summed E-state index contributed by atoms with van der Waals surface area (Å²) in [6.07, 6.45) is 1.38. The van der Waals surface area contributed by atoms with Crippen LogP contribution in [0.4, 0.5) is 5.69 Å². The summed E-state index contributed by atoms with van der Waals surface area (Å²) in [5.41, 5.74) is 6.38. The van der Waals surface area contributed by atoms with Crippen molar-refractivity contribution in [1.82, 2.24) is 4.98 Å². The van der Waals surface area contributed by atoms with Crippen molar-refractivity contribution in [2.24, 2.45) is 10.9 Å². The van der Waals surface area contributed by atoms with Crippen LogP contribution in [0.1, 0.15) is 11.3 Å². The number of oxime groups is 1. The molecule has 0 bridgehead atoms. The SMILES string of the molecule is Cc1ccc([N+](=O)[O-])cc1Oc1ccc(/C(N)=N/O)nc1. The van der Waals surface area contributed by atoms with Gasteiger partial charge in [-0.15, -0.1) is 0 Å². The van der Waals surface area contributed by atoms with Gasteiger partial charge in [-0.1, -0.05) is 5.16 Å². The predicted molar refractivity (Wildman–Crippen MR) is 74.7 cm³/mol. The third kappa shape index (κ3) is 3.24. The molecule has 0 atom stereocenters. The Morgan fingerprint density at radius 3 is 2.76 bits per heavy atom. The highest BCUT2D eigenvalue weighted by molar-refractivity contribution is 5.95. The average Bonchev–Trinajstić information content (AvgIpc) is 2.49. The third-order valence-electron chi connectivity index (χ3n) is 2.72. The van der Waals surface area contributed by atoms with Gasteiger partial charge in [-0.2, -0.15) is 0 Å². The standard InChI is InChI=1S/C13H12N4O4/c1-8-2-3-9(17(19)20)6-12(8)21-10-4-5-11(15-7-10)13(14)16-18/h2-7,18H,1H3,(H2,14,16). The molecule has 8 nitrogen and oxygen atoms in total. The van der Waals surface area contributed by atoms with Crippen molar-refractivity contribution in [2.75, 3.05) is 0 Å². The van der Waals surface area contributed by atoms with Crippen molar-refractivity contribution in [3.63, 3.8) is 0 Å². The number of aryl methyl sites for hydroxylation is 1. The lowest BCUT2D eigenvalue weighted by Crippen LogP contribution is -2.14. The fourth-order valence-electron chi connectivity index (χ4n) is 1.58. The molecular weight excluding hydrogens is 276 g/mol. The van der Waals surface area contributed by atoms with Crippen LogP contribution in [0.3, 0.4) is 0 Å². The van der Waals surface area contributed by atoms with Gasteiger partial charge < -0.3 is 15.7 Å². The molecule has 0 saturated carbocycles. The van der Waals surface area contributed by atoms with E-state index >= 15 is 0 Å². The lowest BCUT2D eigenvalue weighted by atomic mass is 10.2. The maximum absolute atomic E-state index is 10.8. The summed E-state index contributed by atoms with van der Waals surface area (Å²) < 4.78 is 5.56. The summed E-state index contributed by atoms with van der Waals surface area (Å²) in [5, 5.41) is 22.1. The molecule has 3 N–H and O–H groups in total. The Morgan fingerprint density at radius 1 is 1.43 bits per heavy atom. The van der Waals surface area contributed by atoms with Gasteiger partial charge in [0.1, 0.15) is 17.2 Å². The van der Waals surface area contributed by atoms with E-state index in [1.54, 1.807) is 19.1 Å². The molecule has 2 aromatic rings. The van der Waals surface area contributed by atoms with Crippen LogP contribution >= 0.6 is 0 Å². The Hall–Kier alpha value is -3.16. The average molecular weight is 288 g/mol. The highest BCUT2D eigenvalue weighted by Crippen LogP contribution is 2.28. The molecule has 0 saturated heterocycles. The summed E-state index contributed by atoms with van der Waals surface area (Å²) in [6, 6.07) is 7.43. The molecule has 1 aromatic carbocycles. The van der Waals surface area contributed by atoms with Crippen molar-refractivity contribution < 1.29 is 14.9 Å². The lowest BCUT2D eigenvalue weighted by molar-refractivity contribution is -0.384. The number of nitrogens with two attached hydrogens (primary N) is 1. The molecule has 0 aliphatic carbocycles. The Morgan fingerprint density at radius 2 is 2.19 bits per heavy atom. The number of nitro benzene ring substituents is 1. The molecule has 1 aromatic heterocycles. The molecule has 1 heterocycles. The quantitative estimate of drug-likeness (QED) is 0.292. The molecule has 0 aliphatic heterocycles. The third-order valence-corrected chi connectivity index (χ3v) is 2.72. The first-order valence-electron chi connectivity index (χ1n) is 5.88. The molecule has 8 heteroatoms. The van der Waals surface area contributed by atoms with E-state index in [1.165, 1.54) is 24.4 Å². The molecule has 2 rings (SSSR count). The fraction of sp³-hybridized carbons (Fsp3) is 0.0769. The van der Waals surface area contributed by atoms with Crippen LogP contribution in [-0.2, 0) is 0 Å². The zero-order valence-electron chi connectivity index (χ0n) is 11.1. The van der Waals surface area contributed by atoms with E-state index < -0.39 is 4.92 Å². The zero-order chi connectivity index (χ0) is 15.4. The number of nitro groups is 1. The van der Waals surface area contributed by atoms with Crippen LogP contribution in [0.2, 0.25) is 0 Å². The first kappa shape index (κ1) is 14.3. The minimum absolute atomic E-state index is 0.0585. The smallest absolute Gasteiger partial charge is 0.273 e. The molecule has 108 valence electrons. The number of hydrogen-bond donors (Lipinski definition) is 2. The summed E-state index contributed by atoms with van der Waals surface area (Å²) >= 11 is 0. The van der Waals surface area contributed by atoms with Gasteiger partial charge >= 0.3 is 0 Å². The van der Waals surface area contributed by atoms with Crippen LogP contribution in [0.5, 0.6) is 11.5 Å². The summed E-state index contributed by atoms with van der Waals surface area (Å²) in [5.74, 6) is 0.628. The van der Waals surface area contributed by atoms with Gasteiger partial charge in [0.2, 0.25) is 0 Å². The fourth-order valence-corrected chi connectivity index (χ4v) is 1.58. The molecule has 0 unspecified atom stereocenters. The number of non-ortho nitro benzene ring substituents is 1. The van der Waals surface area contributed by atoms with Gasteiger partial charge in [-0.3, -0.25) is 10.1 Å². The van der Waals surface area contributed by atoms with Gasteiger partial charge in [-0.05, 0) is 30.7 Å². The second-order valence-corrected chi connectivity index (χ2v) is 4.17. The van der Waals surface area contributed by atoms with Crippen LogP contribution in [-0.4, -0.2) is 21.0 Å². The molecule has 21 heavy (non-hydrogen) atoms. The van der Waals surface area contributed by atoms with Crippen molar-refractivity contribution in [3.05, 3.63) is 57.9 Å². The number of rotatable bonds is 4. The second-order valence-electron chi connectivity index (χ2n) is 4.17. The van der Waals surface area contributed by atoms with Crippen molar-refractivity contribution in [1.29, 1.82) is 0 Å². The van der Waals surface area contributed by atoms with E-state index in [0.717, 1.165) is 5.56 Å². The number of amidine groups is 1.